The maximum absolute atomic E-state index is 11.9. The molecule has 24 heavy (non-hydrogen) atoms. The summed E-state index contributed by atoms with van der Waals surface area (Å²) >= 11 is 0. The van der Waals surface area contributed by atoms with Gasteiger partial charge in [0.1, 0.15) is 6.23 Å². The summed E-state index contributed by atoms with van der Waals surface area (Å²) in [6, 6.07) is 8.55. The summed E-state index contributed by atoms with van der Waals surface area (Å²) in [5.74, 6) is -0.200. The maximum atomic E-state index is 11.9. The highest BCUT2D eigenvalue weighted by atomic mass is 16.5. The van der Waals surface area contributed by atoms with Crippen molar-refractivity contribution in [2.75, 3.05) is 20.2 Å². The second-order valence-electron chi connectivity index (χ2n) is 6.95. The topological polar surface area (TPSA) is 38.8 Å². The van der Waals surface area contributed by atoms with Crippen molar-refractivity contribution < 1.29 is 14.3 Å². The van der Waals surface area contributed by atoms with Crippen LogP contribution in [-0.4, -0.2) is 43.4 Å². The van der Waals surface area contributed by atoms with Gasteiger partial charge < -0.3 is 9.47 Å². The summed E-state index contributed by atoms with van der Waals surface area (Å²) in [7, 11) is 1.45. The van der Waals surface area contributed by atoms with E-state index in [0.29, 0.717) is 6.42 Å². The van der Waals surface area contributed by atoms with Crippen molar-refractivity contribution >= 4 is 11.5 Å². The molecule has 0 bridgehead atoms. The first kappa shape index (κ1) is 15.9. The van der Waals surface area contributed by atoms with E-state index in [-0.39, 0.29) is 18.3 Å². The molecule has 4 nitrogen and oxygen atoms in total. The first-order valence-electron chi connectivity index (χ1n) is 9.05. The summed E-state index contributed by atoms with van der Waals surface area (Å²) in [5.41, 5.74) is 5.28. The molecule has 0 N–H and O–H groups in total. The van der Waals surface area contributed by atoms with Crippen molar-refractivity contribution in [3.05, 3.63) is 41.0 Å². The Morgan fingerprint density at radius 2 is 2.00 bits per heavy atom. The van der Waals surface area contributed by atoms with Gasteiger partial charge in [-0.1, -0.05) is 30.7 Å². The average molecular weight is 327 g/mol. The number of fused-ring (bicyclic) bond motifs is 2. The molecule has 1 aliphatic carbocycles. The van der Waals surface area contributed by atoms with Crippen molar-refractivity contribution in [2.45, 2.75) is 50.9 Å². The molecule has 3 aliphatic rings. The number of piperidine rings is 1. The van der Waals surface area contributed by atoms with E-state index >= 15 is 0 Å². The number of rotatable bonds is 3. The third-order valence-electron chi connectivity index (χ3n) is 5.53. The Bertz CT molecular complexity index is 661. The highest BCUT2D eigenvalue weighted by Crippen LogP contribution is 2.44. The van der Waals surface area contributed by atoms with Gasteiger partial charge in [0.05, 0.1) is 19.6 Å². The third-order valence-corrected chi connectivity index (χ3v) is 5.53. The molecular formula is C20H25NO3. The number of likely N-dealkylation sites (tertiary alicyclic amines) is 1. The molecule has 2 atom stereocenters. The van der Waals surface area contributed by atoms with Gasteiger partial charge >= 0.3 is 5.97 Å². The van der Waals surface area contributed by atoms with Crippen molar-refractivity contribution in [1.82, 2.24) is 4.90 Å². The second kappa shape index (κ2) is 6.69. The molecule has 4 heteroatoms. The van der Waals surface area contributed by atoms with E-state index in [9.17, 15) is 4.79 Å². The Labute approximate surface area is 143 Å². The van der Waals surface area contributed by atoms with Crippen molar-refractivity contribution in [2.24, 2.45) is 0 Å². The van der Waals surface area contributed by atoms with Crippen LogP contribution < -0.4 is 0 Å². The first-order valence-corrected chi connectivity index (χ1v) is 9.05. The fourth-order valence-electron chi connectivity index (χ4n) is 4.36. The zero-order valence-electron chi connectivity index (χ0n) is 14.3. The Kier molecular flexibility index (Phi) is 4.42. The quantitative estimate of drug-likeness (QED) is 0.800. The zero-order chi connectivity index (χ0) is 16.5. The van der Waals surface area contributed by atoms with E-state index in [4.69, 9.17) is 9.47 Å². The normalized spacial score (nSPS) is 26.9. The molecule has 1 aromatic rings. The van der Waals surface area contributed by atoms with Crippen LogP contribution in [0.2, 0.25) is 0 Å². The van der Waals surface area contributed by atoms with Crippen LogP contribution in [0.5, 0.6) is 0 Å². The lowest BCUT2D eigenvalue weighted by Gasteiger charge is -2.34. The van der Waals surface area contributed by atoms with Gasteiger partial charge in [-0.05, 0) is 48.0 Å². The molecule has 2 aliphatic heterocycles. The zero-order valence-corrected chi connectivity index (χ0v) is 14.3. The average Bonchev–Trinajstić information content (AvgIpc) is 3.01. The van der Waals surface area contributed by atoms with Gasteiger partial charge in [0.2, 0.25) is 0 Å². The Balaban J connectivity index is 1.70. The van der Waals surface area contributed by atoms with Crippen molar-refractivity contribution in [1.29, 1.82) is 0 Å². The Morgan fingerprint density at radius 1 is 1.21 bits per heavy atom. The van der Waals surface area contributed by atoms with Crippen LogP contribution in [0, 0.1) is 0 Å². The number of ether oxygens (including phenoxy) is 2. The van der Waals surface area contributed by atoms with Gasteiger partial charge in [0, 0.05) is 13.1 Å². The van der Waals surface area contributed by atoms with Crippen LogP contribution in [-0.2, 0) is 20.7 Å². The van der Waals surface area contributed by atoms with Gasteiger partial charge in [-0.25, -0.2) is 0 Å². The molecule has 2 unspecified atom stereocenters. The summed E-state index contributed by atoms with van der Waals surface area (Å²) in [6.45, 7) is 2.18. The SMILES string of the molecule is COC(=O)CC1OC(N2CCCCC2)C2=C1c1ccccc1CC2. The lowest BCUT2D eigenvalue weighted by Crippen LogP contribution is -2.41. The second-order valence-corrected chi connectivity index (χ2v) is 6.95. The smallest absolute Gasteiger partial charge is 0.308 e. The lowest BCUT2D eigenvalue weighted by molar-refractivity contribution is -0.144. The molecule has 1 fully saturated rings. The summed E-state index contributed by atoms with van der Waals surface area (Å²) in [4.78, 5) is 14.4. The molecule has 0 saturated carbocycles. The fraction of sp³-hybridized carbons (Fsp3) is 0.550. The maximum Gasteiger partial charge on any atom is 0.308 e. The Hall–Kier alpha value is -1.65. The number of benzene rings is 1. The summed E-state index contributed by atoms with van der Waals surface area (Å²) in [6.07, 6.45) is 6.04. The van der Waals surface area contributed by atoms with E-state index in [1.807, 2.05) is 0 Å². The van der Waals surface area contributed by atoms with Gasteiger partial charge in [-0.3, -0.25) is 9.69 Å². The standard InChI is InChI=1S/C20H25NO3/c1-23-18(22)13-17-19-15-8-4-3-7-14(15)9-10-16(19)20(24-17)21-11-5-2-6-12-21/h3-4,7-8,17,20H,2,5-6,9-13H2,1H3. The number of hydrogen-bond acceptors (Lipinski definition) is 4. The van der Waals surface area contributed by atoms with Crippen LogP contribution in [0.3, 0.4) is 0 Å². The molecule has 0 spiro atoms. The minimum absolute atomic E-state index is 0.0447. The molecule has 1 saturated heterocycles. The molecule has 0 radical (unpaired) electrons. The summed E-state index contributed by atoms with van der Waals surface area (Å²) in [5, 5.41) is 0. The molecular weight excluding hydrogens is 302 g/mol. The van der Waals surface area contributed by atoms with E-state index in [1.54, 1.807) is 0 Å². The van der Waals surface area contributed by atoms with Crippen LogP contribution in [0.1, 0.15) is 43.2 Å². The number of esters is 1. The molecule has 128 valence electrons. The van der Waals surface area contributed by atoms with Crippen LogP contribution in [0.15, 0.2) is 29.8 Å². The molecule has 4 rings (SSSR count). The summed E-state index contributed by atoms with van der Waals surface area (Å²) < 4.78 is 11.3. The van der Waals surface area contributed by atoms with E-state index in [2.05, 4.69) is 29.2 Å². The predicted octanol–water partition coefficient (Wildman–Crippen LogP) is 3.16. The number of carbonyl (C=O) groups excluding carboxylic acids is 1. The van der Waals surface area contributed by atoms with Crippen LogP contribution >= 0.6 is 0 Å². The minimum atomic E-state index is -0.200. The van der Waals surface area contributed by atoms with Gasteiger partial charge in [-0.2, -0.15) is 0 Å². The highest BCUT2D eigenvalue weighted by molar-refractivity contribution is 5.82. The molecule has 1 aromatic carbocycles. The first-order chi connectivity index (χ1) is 11.8. The number of carbonyl (C=O) groups is 1. The van der Waals surface area contributed by atoms with Crippen molar-refractivity contribution in [3.63, 3.8) is 0 Å². The molecule has 0 amide bonds. The number of aryl methyl sites for hydroxylation is 1. The van der Waals surface area contributed by atoms with Crippen LogP contribution in [0.25, 0.3) is 5.57 Å². The minimum Gasteiger partial charge on any atom is -0.469 e. The Morgan fingerprint density at radius 3 is 2.79 bits per heavy atom. The predicted molar refractivity (Wildman–Crippen MR) is 92.4 cm³/mol. The van der Waals surface area contributed by atoms with E-state index < -0.39 is 0 Å². The lowest BCUT2D eigenvalue weighted by atomic mass is 9.83. The van der Waals surface area contributed by atoms with Gasteiger partial charge in [0.25, 0.3) is 0 Å². The van der Waals surface area contributed by atoms with Crippen LogP contribution in [0.4, 0.5) is 0 Å². The highest BCUT2D eigenvalue weighted by Gasteiger charge is 2.41. The van der Waals surface area contributed by atoms with E-state index in [0.717, 1.165) is 25.9 Å². The molecule has 0 aromatic heterocycles. The number of methoxy groups -OCH3 is 1. The van der Waals surface area contributed by atoms with E-state index in [1.165, 1.54) is 48.6 Å². The molecule has 2 heterocycles. The fourth-order valence-corrected chi connectivity index (χ4v) is 4.36. The van der Waals surface area contributed by atoms with Crippen molar-refractivity contribution in [3.8, 4) is 0 Å². The monoisotopic (exact) mass is 327 g/mol. The largest absolute Gasteiger partial charge is 0.469 e. The number of nitrogens with zero attached hydrogens (tertiary/aromatic N) is 1. The van der Waals surface area contributed by atoms with Gasteiger partial charge in [-0.15, -0.1) is 0 Å². The van der Waals surface area contributed by atoms with Gasteiger partial charge in [0.15, 0.2) is 0 Å². The number of hydrogen-bond donors (Lipinski definition) is 0. The third kappa shape index (κ3) is 2.78.